The quantitative estimate of drug-likeness (QED) is 0.892. The summed E-state index contributed by atoms with van der Waals surface area (Å²) in [7, 11) is 0. The van der Waals surface area contributed by atoms with Crippen molar-refractivity contribution in [1.29, 1.82) is 0 Å². The third-order valence-electron chi connectivity index (χ3n) is 3.82. The Morgan fingerprint density at radius 3 is 2.50 bits per heavy atom. The molecule has 22 heavy (non-hydrogen) atoms. The van der Waals surface area contributed by atoms with Gasteiger partial charge in [-0.1, -0.05) is 12.1 Å². The van der Waals surface area contributed by atoms with Crippen molar-refractivity contribution in [2.24, 2.45) is 0 Å². The zero-order valence-corrected chi connectivity index (χ0v) is 13.4. The fraction of sp³-hybridized carbons (Fsp3) is 0.412. The lowest BCUT2D eigenvalue weighted by Gasteiger charge is -2.27. The van der Waals surface area contributed by atoms with Gasteiger partial charge in [-0.05, 0) is 45.4 Å². The van der Waals surface area contributed by atoms with Gasteiger partial charge in [0.25, 0.3) is 0 Å². The van der Waals surface area contributed by atoms with Gasteiger partial charge in [0.05, 0.1) is 5.60 Å². The number of benzene rings is 1. The first kappa shape index (κ1) is 16.5. The van der Waals surface area contributed by atoms with Gasteiger partial charge in [-0.25, -0.2) is 14.4 Å². The van der Waals surface area contributed by atoms with Crippen LogP contribution < -0.4 is 5.32 Å². The predicted octanol–water partition coefficient (Wildman–Crippen LogP) is 2.79. The van der Waals surface area contributed by atoms with E-state index in [0.717, 1.165) is 17.1 Å². The van der Waals surface area contributed by atoms with E-state index in [2.05, 4.69) is 15.3 Å². The molecular formula is C17H22FN3O. The molecule has 1 heterocycles. The smallest absolute Gasteiger partial charge is 0.125 e. The second-order valence-corrected chi connectivity index (χ2v) is 5.84. The molecule has 1 aromatic carbocycles. The van der Waals surface area contributed by atoms with Crippen molar-refractivity contribution in [3.8, 4) is 0 Å². The highest BCUT2D eigenvalue weighted by molar-refractivity contribution is 5.24. The molecule has 2 N–H and O–H groups in total. The van der Waals surface area contributed by atoms with Crippen LogP contribution in [-0.2, 0) is 5.60 Å². The number of aliphatic hydroxyl groups is 1. The van der Waals surface area contributed by atoms with E-state index in [0.29, 0.717) is 12.1 Å². The molecule has 0 saturated carbocycles. The highest BCUT2D eigenvalue weighted by Gasteiger charge is 2.24. The van der Waals surface area contributed by atoms with Crippen molar-refractivity contribution in [3.63, 3.8) is 0 Å². The molecule has 0 amide bonds. The zero-order chi connectivity index (χ0) is 16.3. The van der Waals surface area contributed by atoms with Crippen molar-refractivity contribution >= 4 is 0 Å². The fourth-order valence-corrected chi connectivity index (χ4v) is 2.39. The van der Waals surface area contributed by atoms with E-state index >= 15 is 0 Å². The van der Waals surface area contributed by atoms with Crippen LogP contribution in [-0.4, -0.2) is 21.6 Å². The zero-order valence-electron chi connectivity index (χ0n) is 13.4. The maximum Gasteiger partial charge on any atom is 0.125 e. The largest absolute Gasteiger partial charge is 0.384 e. The van der Waals surface area contributed by atoms with E-state index in [4.69, 9.17) is 0 Å². The number of nitrogens with zero attached hydrogens (tertiary/aromatic N) is 2. The summed E-state index contributed by atoms with van der Waals surface area (Å²) in [6.07, 6.45) is 1.81. The average Bonchev–Trinajstić information content (AvgIpc) is 2.45. The molecule has 0 bridgehead atoms. The van der Waals surface area contributed by atoms with E-state index < -0.39 is 5.60 Å². The standard InChI is InChI=1S/C17H22FN3O/c1-11(16-9-19-13(3)21-12(16)2)20-10-17(4,22)14-5-7-15(18)8-6-14/h5-9,11,20,22H,10H2,1-4H3. The lowest BCUT2D eigenvalue weighted by molar-refractivity contribution is 0.0542. The SMILES string of the molecule is Cc1ncc(C(C)NCC(C)(O)c2ccc(F)cc2)c(C)n1. The Morgan fingerprint density at radius 1 is 1.27 bits per heavy atom. The molecule has 4 nitrogen and oxygen atoms in total. The Bertz CT molecular complexity index is 641. The summed E-state index contributed by atoms with van der Waals surface area (Å²) < 4.78 is 13.0. The van der Waals surface area contributed by atoms with Gasteiger partial charge in [0, 0.05) is 30.0 Å². The van der Waals surface area contributed by atoms with Gasteiger partial charge in [0.1, 0.15) is 11.6 Å². The second kappa shape index (κ2) is 6.50. The van der Waals surface area contributed by atoms with Gasteiger partial charge in [0.15, 0.2) is 0 Å². The minimum absolute atomic E-state index is 0.00697. The Balaban J connectivity index is 2.06. The predicted molar refractivity (Wildman–Crippen MR) is 83.9 cm³/mol. The second-order valence-electron chi connectivity index (χ2n) is 5.84. The van der Waals surface area contributed by atoms with Crippen molar-refractivity contribution < 1.29 is 9.50 Å². The van der Waals surface area contributed by atoms with Gasteiger partial charge >= 0.3 is 0 Å². The van der Waals surface area contributed by atoms with Gasteiger partial charge in [-0.3, -0.25) is 0 Å². The summed E-state index contributed by atoms with van der Waals surface area (Å²) in [5.74, 6) is 0.431. The lowest BCUT2D eigenvalue weighted by atomic mass is 9.95. The Labute approximate surface area is 130 Å². The minimum atomic E-state index is -1.08. The summed E-state index contributed by atoms with van der Waals surface area (Å²) in [6, 6.07) is 5.91. The monoisotopic (exact) mass is 303 g/mol. The highest BCUT2D eigenvalue weighted by Crippen LogP contribution is 2.22. The van der Waals surface area contributed by atoms with Crippen molar-refractivity contribution in [1.82, 2.24) is 15.3 Å². The molecule has 0 spiro atoms. The van der Waals surface area contributed by atoms with E-state index in [1.807, 2.05) is 27.0 Å². The van der Waals surface area contributed by atoms with Crippen LogP contribution in [0.2, 0.25) is 0 Å². The van der Waals surface area contributed by atoms with Crippen molar-refractivity contribution in [2.45, 2.75) is 39.3 Å². The van der Waals surface area contributed by atoms with Crippen LogP contribution in [0.1, 0.15) is 42.5 Å². The van der Waals surface area contributed by atoms with Crippen LogP contribution in [0.5, 0.6) is 0 Å². The molecular weight excluding hydrogens is 281 g/mol. The minimum Gasteiger partial charge on any atom is -0.384 e. The lowest BCUT2D eigenvalue weighted by Crippen LogP contribution is -2.37. The maximum atomic E-state index is 13.0. The molecule has 1 aromatic heterocycles. The first-order valence-electron chi connectivity index (χ1n) is 7.31. The Hall–Kier alpha value is -1.85. The first-order valence-corrected chi connectivity index (χ1v) is 7.31. The summed E-state index contributed by atoms with van der Waals surface area (Å²) in [5, 5.41) is 13.9. The molecule has 0 aliphatic carbocycles. The van der Waals surface area contributed by atoms with Crippen LogP contribution in [0.4, 0.5) is 4.39 Å². The molecule has 5 heteroatoms. The topological polar surface area (TPSA) is 58.0 Å². The summed E-state index contributed by atoms with van der Waals surface area (Å²) in [5.41, 5.74) is 1.52. The van der Waals surface area contributed by atoms with Gasteiger partial charge in [-0.15, -0.1) is 0 Å². The molecule has 2 rings (SSSR count). The average molecular weight is 303 g/mol. The van der Waals surface area contributed by atoms with E-state index in [9.17, 15) is 9.50 Å². The molecule has 0 aliphatic heterocycles. The number of nitrogens with one attached hydrogen (secondary N) is 1. The van der Waals surface area contributed by atoms with Crippen LogP contribution in [0.15, 0.2) is 30.5 Å². The third-order valence-corrected chi connectivity index (χ3v) is 3.82. The molecule has 0 fully saturated rings. The van der Waals surface area contributed by atoms with Gasteiger partial charge < -0.3 is 10.4 Å². The van der Waals surface area contributed by atoms with Crippen molar-refractivity contribution in [2.75, 3.05) is 6.54 Å². The van der Waals surface area contributed by atoms with Crippen LogP contribution in [0.25, 0.3) is 0 Å². The number of aromatic nitrogens is 2. The fourth-order valence-electron chi connectivity index (χ4n) is 2.39. The Morgan fingerprint density at radius 2 is 1.91 bits per heavy atom. The molecule has 2 atom stereocenters. The molecule has 118 valence electrons. The van der Waals surface area contributed by atoms with E-state index in [-0.39, 0.29) is 11.9 Å². The van der Waals surface area contributed by atoms with Crippen LogP contribution >= 0.6 is 0 Å². The number of aryl methyl sites for hydroxylation is 2. The van der Waals surface area contributed by atoms with Gasteiger partial charge in [0.2, 0.25) is 0 Å². The summed E-state index contributed by atoms with van der Waals surface area (Å²) in [4.78, 5) is 8.57. The first-order chi connectivity index (χ1) is 10.3. The molecule has 0 radical (unpaired) electrons. The highest BCUT2D eigenvalue weighted by atomic mass is 19.1. The third kappa shape index (κ3) is 3.87. The number of hydrogen-bond donors (Lipinski definition) is 2. The van der Waals surface area contributed by atoms with Crippen molar-refractivity contribution in [3.05, 3.63) is 58.9 Å². The molecule has 2 aromatic rings. The van der Waals surface area contributed by atoms with E-state index in [1.165, 1.54) is 12.1 Å². The summed E-state index contributed by atoms with van der Waals surface area (Å²) in [6.45, 7) is 7.85. The van der Waals surface area contributed by atoms with Crippen LogP contribution in [0, 0.1) is 19.7 Å². The maximum absolute atomic E-state index is 13.0. The number of hydrogen-bond acceptors (Lipinski definition) is 4. The van der Waals surface area contributed by atoms with Crippen LogP contribution in [0.3, 0.4) is 0 Å². The summed E-state index contributed by atoms with van der Waals surface area (Å²) >= 11 is 0. The Kier molecular flexibility index (Phi) is 4.88. The molecule has 0 saturated heterocycles. The van der Waals surface area contributed by atoms with E-state index in [1.54, 1.807) is 19.1 Å². The number of rotatable bonds is 5. The van der Waals surface area contributed by atoms with Gasteiger partial charge in [-0.2, -0.15) is 0 Å². The molecule has 2 unspecified atom stereocenters. The molecule has 0 aliphatic rings. The normalized spacial score (nSPS) is 15.4. The number of halogens is 1.